The molecule has 4 heteroatoms. The summed E-state index contributed by atoms with van der Waals surface area (Å²) in [5.41, 5.74) is 1.82. The van der Waals surface area contributed by atoms with Crippen molar-refractivity contribution in [2.45, 2.75) is 20.1 Å². The molecule has 1 rings (SSSR count). The summed E-state index contributed by atoms with van der Waals surface area (Å²) in [5.74, 6) is -0.305. The summed E-state index contributed by atoms with van der Waals surface area (Å²) in [7, 11) is 0. The number of hydrogen-bond donors (Lipinski definition) is 0. The van der Waals surface area contributed by atoms with E-state index in [2.05, 4.69) is 0 Å². The molecule has 0 heterocycles. The Morgan fingerprint density at radius 1 is 1.25 bits per heavy atom. The second kappa shape index (κ2) is 6.61. The third kappa shape index (κ3) is 4.59. The van der Waals surface area contributed by atoms with Crippen LogP contribution in [0, 0.1) is 0 Å². The first-order valence-electron chi connectivity index (χ1n) is 4.80. The number of carbonyl (C=O) groups is 1. The maximum Gasteiger partial charge on any atom is 0.302 e. The lowest BCUT2D eigenvalue weighted by molar-refractivity contribution is -0.142. The first-order chi connectivity index (χ1) is 7.72. The molecule has 0 saturated carbocycles. The minimum absolute atomic E-state index is 0.265. The highest BCUT2D eigenvalue weighted by Crippen LogP contribution is 2.07. The van der Waals surface area contributed by atoms with E-state index < -0.39 is 0 Å². The third-order valence-corrected chi connectivity index (χ3v) is 1.86. The van der Waals surface area contributed by atoms with E-state index in [4.69, 9.17) is 9.47 Å². The number of benzene rings is 1. The molecule has 0 saturated heterocycles. The zero-order valence-corrected chi connectivity index (χ0v) is 8.98. The van der Waals surface area contributed by atoms with Crippen molar-refractivity contribution in [1.82, 2.24) is 0 Å². The van der Waals surface area contributed by atoms with Gasteiger partial charge in [0.1, 0.15) is 25.8 Å². The van der Waals surface area contributed by atoms with Crippen LogP contribution in [0.4, 0.5) is 4.39 Å². The highest BCUT2D eigenvalue weighted by molar-refractivity contribution is 5.65. The summed E-state index contributed by atoms with van der Waals surface area (Å²) in [6.07, 6.45) is 1.34. The number of halogens is 1. The van der Waals surface area contributed by atoms with Gasteiger partial charge in [0, 0.05) is 6.92 Å². The van der Waals surface area contributed by atoms with Crippen molar-refractivity contribution in [1.29, 1.82) is 0 Å². The fourth-order valence-corrected chi connectivity index (χ4v) is 1.10. The standard InChI is InChI=1S/C12H13FO3/c1-10(14)16-9-12-4-2-11(3-5-12)8-15-7-6-13/h2-7H,8-9H2,1H3/b7-6-. The fraction of sp³-hybridized carbons (Fsp3) is 0.250. The Kier molecular flexibility index (Phi) is 5.05. The van der Waals surface area contributed by atoms with Crippen molar-refractivity contribution >= 4 is 5.97 Å². The van der Waals surface area contributed by atoms with E-state index in [0.717, 1.165) is 17.4 Å². The van der Waals surface area contributed by atoms with Gasteiger partial charge in [-0.25, -0.2) is 4.39 Å². The average Bonchev–Trinajstić information content (AvgIpc) is 2.28. The van der Waals surface area contributed by atoms with Crippen molar-refractivity contribution in [2.75, 3.05) is 0 Å². The Morgan fingerprint density at radius 2 is 1.81 bits per heavy atom. The molecule has 16 heavy (non-hydrogen) atoms. The Hall–Kier alpha value is -1.84. The molecule has 0 aromatic heterocycles. The summed E-state index contributed by atoms with van der Waals surface area (Å²) in [6, 6.07) is 7.34. The molecule has 0 aliphatic carbocycles. The predicted octanol–water partition coefficient (Wildman–Crippen LogP) is 2.71. The van der Waals surface area contributed by atoms with Crippen LogP contribution in [0.15, 0.2) is 36.9 Å². The normalized spacial score (nSPS) is 10.4. The van der Waals surface area contributed by atoms with Crippen molar-refractivity contribution in [3.8, 4) is 0 Å². The second-order valence-corrected chi connectivity index (χ2v) is 3.17. The predicted molar refractivity (Wildman–Crippen MR) is 56.9 cm³/mol. The molecule has 1 aromatic rings. The topological polar surface area (TPSA) is 35.5 Å². The highest BCUT2D eigenvalue weighted by atomic mass is 19.1. The van der Waals surface area contributed by atoms with Crippen LogP contribution < -0.4 is 0 Å². The van der Waals surface area contributed by atoms with Gasteiger partial charge in [-0.05, 0) is 11.1 Å². The molecule has 0 unspecified atom stereocenters. The van der Waals surface area contributed by atoms with Crippen molar-refractivity contribution in [3.05, 3.63) is 48.0 Å². The molecule has 0 N–H and O–H groups in total. The van der Waals surface area contributed by atoms with E-state index in [9.17, 15) is 9.18 Å². The maximum atomic E-state index is 11.6. The monoisotopic (exact) mass is 224 g/mol. The minimum atomic E-state index is -0.305. The summed E-state index contributed by atoms with van der Waals surface area (Å²) in [4.78, 5) is 10.6. The fourth-order valence-electron chi connectivity index (χ4n) is 1.10. The highest BCUT2D eigenvalue weighted by Gasteiger charge is 1.97. The van der Waals surface area contributed by atoms with Gasteiger partial charge in [0.25, 0.3) is 0 Å². The molecule has 0 fully saturated rings. The largest absolute Gasteiger partial charge is 0.494 e. The number of carbonyl (C=O) groups excluding carboxylic acids is 1. The van der Waals surface area contributed by atoms with Crippen LogP contribution in [0.25, 0.3) is 0 Å². The lowest BCUT2D eigenvalue weighted by Crippen LogP contribution is -1.98. The van der Waals surface area contributed by atoms with E-state index in [-0.39, 0.29) is 12.6 Å². The van der Waals surface area contributed by atoms with Crippen LogP contribution in [0.5, 0.6) is 0 Å². The van der Waals surface area contributed by atoms with Gasteiger partial charge in [0.15, 0.2) is 0 Å². The number of rotatable bonds is 5. The van der Waals surface area contributed by atoms with Crippen LogP contribution in [0.2, 0.25) is 0 Å². The van der Waals surface area contributed by atoms with Crippen LogP contribution in [0.1, 0.15) is 18.1 Å². The van der Waals surface area contributed by atoms with Gasteiger partial charge in [0.05, 0.1) is 0 Å². The minimum Gasteiger partial charge on any atom is -0.494 e. The van der Waals surface area contributed by atoms with Gasteiger partial charge in [-0.15, -0.1) is 0 Å². The van der Waals surface area contributed by atoms with E-state index >= 15 is 0 Å². The Labute approximate surface area is 93.5 Å². The van der Waals surface area contributed by atoms with E-state index in [1.165, 1.54) is 6.92 Å². The van der Waals surface area contributed by atoms with Crippen molar-refractivity contribution in [2.24, 2.45) is 0 Å². The zero-order chi connectivity index (χ0) is 11.8. The first kappa shape index (κ1) is 12.2. The average molecular weight is 224 g/mol. The van der Waals surface area contributed by atoms with Gasteiger partial charge in [-0.3, -0.25) is 4.79 Å². The maximum absolute atomic E-state index is 11.6. The molecular weight excluding hydrogens is 211 g/mol. The molecule has 0 amide bonds. The molecule has 86 valence electrons. The quantitative estimate of drug-likeness (QED) is 0.569. The lowest BCUT2D eigenvalue weighted by Gasteiger charge is -2.04. The van der Waals surface area contributed by atoms with E-state index in [0.29, 0.717) is 12.9 Å². The zero-order valence-electron chi connectivity index (χ0n) is 8.98. The van der Waals surface area contributed by atoms with Crippen LogP contribution in [0.3, 0.4) is 0 Å². The Bertz CT molecular complexity index is 357. The van der Waals surface area contributed by atoms with Crippen molar-refractivity contribution in [3.63, 3.8) is 0 Å². The van der Waals surface area contributed by atoms with E-state index in [1.54, 1.807) is 0 Å². The smallest absolute Gasteiger partial charge is 0.302 e. The molecule has 0 atom stereocenters. The third-order valence-electron chi connectivity index (χ3n) is 1.86. The molecule has 0 spiro atoms. The molecule has 0 bridgehead atoms. The second-order valence-electron chi connectivity index (χ2n) is 3.17. The van der Waals surface area contributed by atoms with Crippen molar-refractivity contribution < 1.29 is 18.7 Å². The molecule has 0 aliphatic heterocycles. The Balaban J connectivity index is 2.44. The molecular formula is C12H13FO3. The van der Waals surface area contributed by atoms with Gasteiger partial charge < -0.3 is 9.47 Å². The van der Waals surface area contributed by atoms with Crippen LogP contribution >= 0.6 is 0 Å². The number of ether oxygens (including phenoxy) is 2. The number of esters is 1. The molecule has 3 nitrogen and oxygen atoms in total. The molecule has 0 radical (unpaired) electrons. The molecule has 0 aliphatic rings. The van der Waals surface area contributed by atoms with E-state index in [1.807, 2.05) is 24.3 Å². The van der Waals surface area contributed by atoms with Gasteiger partial charge in [-0.1, -0.05) is 24.3 Å². The Morgan fingerprint density at radius 3 is 2.31 bits per heavy atom. The number of hydrogen-bond acceptors (Lipinski definition) is 3. The summed E-state index contributed by atoms with van der Waals surface area (Å²) in [6.45, 7) is 1.95. The summed E-state index contributed by atoms with van der Waals surface area (Å²) < 4.78 is 21.3. The van der Waals surface area contributed by atoms with Gasteiger partial charge in [-0.2, -0.15) is 0 Å². The van der Waals surface area contributed by atoms with Gasteiger partial charge >= 0.3 is 5.97 Å². The summed E-state index contributed by atoms with van der Waals surface area (Å²) in [5, 5.41) is 0. The SMILES string of the molecule is CC(=O)OCc1ccc(CO/C=C\F)cc1. The van der Waals surface area contributed by atoms with Crippen LogP contribution in [-0.4, -0.2) is 5.97 Å². The molecule has 1 aromatic carbocycles. The summed E-state index contributed by atoms with van der Waals surface area (Å²) >= 11 is 0. The lowest BCUT2D eigenvalue weighted by atomic mass is 10.1. The van der Waals surface area contributed by atoms with Gasteiger partial charge in [0.2, 0.25) is 0 Å². The first-order valence-corrected chi connectivity index (χ1v) is 4.80. The van der Waals surface area contributed by atoms with Crippen LogP contribution in [-0.2, 0) is 27.5 Å².